The lowest BCUT2D eigenvalue weighted by Gasteiger charge is -2.10. The van der Waals surface area contributed by atoms with E-state index in [1.807, 2.05) is 0 Å². The maximum atomic E-state index is 10.6. The molecule has 0 fully saturated rings. The molecular formula is C7H9Cl3O3. The third-order valence-electron chi connectivity index (χ3n) is 1.06. The minimum atomic E-state index is -1.61. The van der Waals surface area contributed by atoms with E-state index >= 15 is 0 Å². The number of hydrogen-bond acceptors (Lipinski definition) is 2. The number of alkyl halides is 3. The van der Waals surface area contributed by atoms with E-state index in [1.165, 1.54) is 0 Å². The molecular weight excluding hydrogens is 238 g/mol. The number of carboxylic acid groups (broad SMARTS) is 1. The molecule has 0 saturated carbocycles. The van der Waals surface area contributed by atoms with Crippen molar-refractivity contribution in [1.29, 1.82) is 0 Å². The fraction of sp³-hybridized carbons (Fsp3) is 0.571. The number of aliphatic carboxylic acids is 1. The first-order valence-corrected chi connectivity index (χ1v) is 4.61. The van der Waals surface area contributed by atoms with Gasteiger partial charge in [-0.3, -0.25) is 0 Å². The van der Waals surface area contributed by atoms with Crippen LogP contribution in [-0.4, -0.2) is 21.5 Å². The molecule has 0 aromatic rings. The Hall–Kier alpha value is -0.120. The molecule has 0 unspecified atom stereocenters. The van der Waals surface area contributed by atoms with E-state index in [4.69, 9.17) is 44.6 Å². The average Bonchev–Trinajstić information content (AvgIpc) is 1.95. The van der Waals surface area contributed by atoms with Crippen LogP contribution >= 0.6 is 34.8 Å². The lowest BCUT2D eigenvalue weighted by Crippen LogP contribution is -2.11. The lowest BCUT2D eigenvalue weighted by atomic mass is 10.2. The minimum Gasteiger partial charge on any atom is -0.501 e. The predicted molar refractivity (Wildman–Crippen MR) is 52.3 cm³/mol. The molecule has 6 heteroatoms. The summed E-state index contributed by atoms with van der Waals surface area (Å²) >= 11 is 16.3. The van der Waals surface area contributed by atoms with Crippen molar-refractivity contribution in [1.82, 2.24) is 0 Å². The van der Waals surface area contributed by atoms with E-state index in [1.54, 1.807) is 6.92 Å². The number of halogens is 3. The van der Waals surface area contributed by atoms with Gasteiger partial charge in [-0.15, -0.1) is 0 Å². The molecule has 0 heterocycles. The summed E-state index contributed by atoms with van der Waals surface area (Å²) in [7, 11) is 0. The molecule has 0 atom stereocenters. The largest absolute Gasteiger partial charge is 0.501 e. The van der Waals surface area contributed by atoms with Gasteiger partial charge in [0.05, 0.1) is 18.4 Å². The van der Waals surface area contributed by atoms with Crippen LogP contribution in [0, 0.1) is 0 Å². The molecule has 0 aromatic carbocycles. The maximum absolute atomic E-state index is 10.6. The quantitative estimate of drug-likeness (QED) is 0.472. The Kier molecular flexibility index (Phi) is 5.53. The van der Waals surface area contributed by atoms with Gasteiger partial charge in [-0.25, -0.2) is 4.79 Å². The zero-order chi connectivity index (χ0) is 10.5. The van der Waals surface area contributed by atoms with E-state index in [-0.39, 0.29) is 12.0 Å². The first-order chi connectivity index (χ1) is 5.87. The summed E-state index contributed by atoms with van der Waals surface area (Å²) in [6.07, 6.45) is 0.900. The minimum absolute atomic E-state index is 0.0677. The SMILES string of the molecule is CCO/C=C(\CC(Cl)(Cl)Cl)C(=O)O. The monoisotopic (exact) mass is 246 g/mol. The smallest absolute Gasteiger partial charge is 0.334 e. The first-order valence-electron chi connectivity index (χ1n) is 3.47. The van der Waals surface area contributed by atoms with Crippen LogP contribution in [-0.2, 0) is 9.53 Å². The second-order valence-corrected chi connectivity index (χ2v) is 4.71. The number of rotatable bonds is 4. The van der Waals surface area contributed by atoms with Crippen LogP contribution in [0.15, 0.2) is 11.8 Å². The molecule has 0 aliphatic rings. The molecule has 0 aliphatic carbocycles. The van der Waals surface area contributed by atoms with Gasteiger partial charge in [0.25, 0.3) is 0 Å². The van der Waals surface area contributed by atoms with Crippen molar-refractivity contribution >= 4 is 40.8 Å². The lowest BCUT2D eigenvalue weighted by molar-refractivity contribution is -0.133. The first kappa shape index (κ1) is 12.9. The Morgan fingerprint density at radius 1 is 1.54 bits per heavy atom. The molecule has 0 bridgehead atoms. The molecule has 13 heavy (non-hydrogen) atoms. The Labute approximate surface area is 91.2 Å². The van der Waals surface area contributed by atoms with Crippen LogP contribution in [0.3, 0.4) is 0 Å². The molecule has 0 radical (unpaired) electrons. The molecule has 0 aromatic heterocycles. The van der Waals surface area contributed by atoms with Gasteiger partial charge in [0.1, 0.15) is 0 Å². The van der Waals surface area contributed by atoms with Crippen LogP contribution < -0.4 is 0 Å². The molecule has 0 amide bonds. The summed E-state index contributed by atoms with van der Waals surface area (Å²) in [6, 6.07) is 0. The third kappa shape index (κ3) is 6.99. The van der Waals surface area contributed by atoms with Crippen LogP contribution in [0.1, 0.15) is 13.3 Å². The standard InChI is InChI=1S/C7H9Cl3O3/c1-2-13-4-5(6(11)12)3-7(8,9)10/h4H,2-3H2,1H3,(H,11,12)/b5-4+. The molecule has 0 spiro atoms. The molecule has 0 aliphatic heterocycles. The third-order valence-corrected chi connectivity index (χ3v) is 1.46. The molecule has 3 nitrogen and oxygen atoms in total. The Morgan fingerprint density at radius 3 is 2.38 bits per heavy atom. The highest BCUT2D eigenvalue weighted by molar-refractivity contribution is 6.67. The Morgan fingerprint density at radius 2 is 2.08 bits per heavy atom. The fourth-order valence-electron chi connectivity index (χ4n) is 0.568. The average molecular weight is 248 g/mol. The van der Waals surface area contributed by atoms with Gasteiger partial charge in [0, 0.05) is 6.42 Å². The van der Waals surface area contributed by atoms with Gasteiger partial charge in [0.15, 0.2) is 3.79 Å². The van der Waals surface area contributed by atoms with Gasteiger partial charge in [-0.05, 0) is 6.92 Å². The van der Waals surface area contributed by atoms with Crippen LogP contribution in [0.25, 0.3) is 0 Å². The van der Waals surface area contributed by atoms with Crippen molar-refractivity contribution < 1.29 is 14.6 Å². The number of ether oxygens (including phenoxy) is 1. The van der Waals surface area contributed by atoms with E-state index in [9.17, 15) is 4.79 Å². The predicted octanol–water partition coefficient (Wildman–Crippen LogP) is 2.75. The van der Waals surface area contributed by atoms with Gasteiger partial charge in [-0.2, -0.15) is 0 Å². The van der Waals surface area contributed by atoms with Crippen molar-refractivity contribution in [3.05, 3.63) is 11.8 Å². The molecule has 0 saturated heterocycles. The second-order valence-electron chi connectivity index (χ2n) is 2.20. The highest BCUT2D eigenvalue weighted by atomic mass is 35.6. The maximum Gasteiger partial charge on any atom is 0.334 e. The molecule has 76 valence electrons. The van der Waals surface area contributed by atoms with Gasteiger partial charge in [-0.1, -0.05) is 34.8 Å². The highest BCUT2D eigenvalue weighted by Gasteiger charge is 2.25. The summed E-state index contributed by atoms with van der Waals surface area (Å²) < 4.78 is 3.17. The van der Waals surface area contributed by atoms with E-state index in [2.05, 4.69) is 0 Å². The van der Waals surface area contributed by atoms with E-state index < -0.39 is 9.76 Å². The summed E-state index contributed by atoms with van der Waals surface area (Å²) in [5, 5.41) is 8.64. The normalized spacial score (nSPS) is 12.8. The molecule has 0 rings (SSSR count). The number of hydrogen-bond donors (Lipinski definition) is 1. The van der Waals surface area contributed by atoms with Gasteiger partial charge >= 0.3 is 5.97 Å². The van der Waals surface area contributed by atoms with Crippen molar-refractivity contribution in [2.75, 3.05) is 6.61 Å². The summed E-state index contributed by atoms with van der Waals surface area (Å²) in [5.41, 5.74) is -0.0677. The van der Waals surface area contributed by atoms with Crippen molar-refractivity contribution in [2.45, 2.75) is 17.1 Å². The van der Waals surface area contributed by atoms with Crippen LogP contribution in [0.4, 0.5) is 0 Å². The zero-order valence-corrected chi connectivity index (χ0v) is 9.16. The molecule has 1 N–H and O–H groups in total. The second kappa shape index (κ2) is 5.58. The summed E-state index contributed by atoms with van der Waals surface area (Å²) in [6.45, 7) is 2.10. The summed E-state index contributed by atoms with van der Waals surface area (Å²) in [5.74, 6) is -1.15. The zero-order valence-electron chi connectivity index (χ0n) is 6.89. The highest BCUT2D eigenvalue weighted by Crippen LogP contribution is 2.33. The Balaban J connectivity index is 4.36. The fourth-order valence-corrected chi connectivity index (χ4v) is 0.999. The van der Waals surface area contributed by atoms with Gasteiger partial charge < -0.3 is 9.84 Å². The summed E-state index contributed by atoms with van der Waals surface area (Å²) in [4.78, 5) is 10.6. The topological polar surface area (TPSA) is 46.5 Å². The van der Waals surface area contributed by atoms with Crippen LogP contribution in [0.2, 0.25) is 0 Å². The van der Waals surface area contributed by atoms with Crippen molar-refractivity contribution in [3.63, 3.8) is 0 Å². The Bertz CT molecular complexity index is 208. The van der Waals surface area contributed by atoms with E-state index in [0.29, 0.717) is 6.61 Å². The van der Waals surface area contributed by atoms with Crippen molar-refractivity contribution in [3.8, 4) is 0 Å². The van der Waals surface area contributed by atoms with Crippen molar-refractivity contribution in [2.24, 2.45) is 0 Å². The number of carboxylic acids is 1. The van der Waals surface area contributed by atoms with Crippen LogP contribution in [0.5, 0.6) is 0 Å². The van der Waals surface area contributed by atoms with Gasteiger partial charge in [0.2, 0.25) is 0 Å². The van der Waals surface area contributed by atoms with E-state index in [0.717, 1.165) is 6.26 Å². The number of carbonyl (C=O) groups is 1.